The molecular weight excluding hydrogens is 581 g/mol. The van der Waals surface area contributed by atoms with Crippen LogP contribution in [0.25, 0.3) is 0 Å². The molecule has 2 amide bonds. The number of amides is 2. The molecule has 3 aromatic carbocycles. The predicted octanol–water partition coefficient (Wildman–Crippen LogP) is 6.09. The van der Waals surface area contributed by atoms with Gasteiger partial charge in [0, 0.05) is 17.6 Å². The zero-order valence-electron chi connectivity index (χ0n) is 22.0. The zero-order valence-corrected chi connectivity index (χ0v) is 25.1. The van der Waals surface area contributed by atoms with Crippen molar-refractivity contribution in [2.24, 2.45) is 0 Å². The third kappa shape index (κ3) is 7.45. The Labute approximate surface area is 244 Å². The van der Waals surface area contributed by atoms with Gasteiger partial charge in [0.05, 0.1) is 20.6 Å². The van der Waals surface area contributed by atoms with Gasteiger partial charge in [0.15, 0.2) is 0 Å². The molecule has 0 aromatic heterocycles. The van der Waals surface area contributed by atoms with Gasteiger partial charge in [-0.3, -0.25) is 13.9 Å². The second-order valence-corrected chi connectivity index (χ2v) is 12.4. The number of hydrogen-bond acceptors (Lipinski definition) is 4. The number of benzene rings is 3. The minimum absolute atomic E-state index is 0.0209. The summed E-state index contributed by atoms with van der Waals surface area (Å²) in [5.74, 6) is -1.02. The molecule has 3 rings (SSSR count). The Morgan fingerprint density at radius 3 is 2.10 bits per heavy atom. The lowest BCUT2D eigenvalue weighted by Crippen LogP contribution is -2.52. The molecule has 1 unspecified atom stereocenters. The summed E-state index contributed by atoms with van der Waals surface area (Å²) in [6, 6.07) is 16.6. The number of sulfonamides is 1. The molecule has 0 saturated heterocycles. The number of hydrogen-bond donors (Lipinski definition) is 1. The average molecular weight is 611 g/mol. The van der Waals surface area contributed by atoms with Gasteiger partial charge in [-0.05, 0) is 63.6 Å². The van der Waals surface area contributed by atoms with Gasteiger partial charge in [-0.1, -0.05) is 76.8 Å². The number of rotatable bonds is 10. The SMILES string of the molecule is Cc1ccc(S(=O)(=O)N(CC(=O)N(Cc2ccccc2Cl)C(C)C(=O)NC(C)C)c2cccc(Cl)c2Cl)cc1. The molecule has 0 spiro atoms. The Morgan fingerprint density at radius 1 is 0.872 bits per heavy atom. The third-order valence-electron chi connectivity index (χ3n) is 5.98. The average Bonchev–Trinajstić information content (AvgIpc) is 2.88. The molecule has 7 nitrogen and oxygen atoms in total. The number of carbonyl (C=O) groups excluding carboxylic acids is 2. The molecular formula is C28H30Cl3N3O4S. The molecule has 0 saturated carbocycles. The van der Waals surface area contributed by atoms with Crippen LogP contribution in [0.1, 0.15) is 31.9 Å². The minimum atomic E-state index is -4.27. The van der Waals surface area contributed by atoms with Crippen LogP contribution < -0.4 is 9.62 Å². The summed E-state index contributed by atoms with van der Waals surface area (Å²) in [6.45, 7) is 6.37. The van der Waals surface area contributed by atoms with Crippen LogP contribution in [-0.4, -0.2) is 43.8 Å². The van der Waals surface area contributed by atoms with Gasteiger partial charge >= 0.3 is 0 Å². The van der Waals surface area contributed by atoms with Crippen molar-refractivity contribution in [1.82, 2.24) is 10.2 Å². The maximum Gasteiger partial charge on any atom is 0.264 e. The van der Waals surface area contributed by atoms with E-state index in [-0.39, 0.29) is 39.1 Å². The van der Waals surface area contributed by atoms with Crippen molar-refractivity contribution in [1.29, 1.82) is 0 Å². The van der Waals surface area contributed by atoms with Crippen molar-refractivity contribution >= 4 is 62.3 Å². The number of anilines is 1. The smallest absolute Gasteiger partial charge is 0.264 e. The molecule has 0 bridgehead atoms. The molecule has 39 heavy (non-hydrogen) atoms. The molecule has 11 heteroatoms. The van der Waals surface area contributed by atoms with Crippen LogP contribution in [0.3, 0.4) is 0 Å². The second kappa shape index (κ2) is 13.0. The van der Waals surface area contributed by atoms with Gasteiger partial charge in [-0.25, -0.2) is 8.42 Å². The molecule has 208 valence electrons. The highest BCUT2D eigenvalue weighted by atomic mass is 35.5. The van der Waals surface area contributed by atoms with Crippen LogP contribution >= 0.6 is 34.8 Å². The van der Waals surface area contributed by atoms with Crippen molar-refractivity contribution in [3.8, 4) is 0 Å². The molecule has 1 atom stereocenters. The fourth-order valence-corrected chi connectivity index (χ4v) is 5.90. The third-order valence-corrected chi connectivity index (χ3v) is 8.94. The lowest BCUT2D eigenvalue weighted by atomic mass is 10.1. The zero-order chi connectivity index (χ0) is 28.9. The first kappa shape index (κ1) is 30.8. The van der Waals surface area contributed by atoms with E-state index in [9.17, 15) is 18.0 Å². The number of nitrogens with zero attached hydrogens (tertiary/aromatic N) is 2. The largest absolute Gasteiger partial charge is 0.352 e. The molecule has 0 aliphatic rings. The lowest BCUT2D eigenvalue weighted by molar-refractivity contribution is -0.139. The summed E-state index contributed by atoms with van der Waals surface area (Å²) in [7, 11) is -4.27. The van der Waals surface area contributed by atoms with Gasteiger partial charge in [-0.15, -0.1) is 0 Å². The Morgan fingerprint density at radius 2 is 1.49 bits per heavy atom. The van der Waals surface area contributed by atoms with Crippen LogP contribution in [0, 0.1) is 6.92 Å². The van der Waals surface area contributed by atoms with E-state index in [1.165, 1.54) is 29.2 Å². The lowest BCUT2D eigenvalue weighted by Gasteiger charge is -2.32. The van der Waals surface area contributed by atoms with Crippen molar-refractivity contribution in [3.05, 3.63) is 92.9 Å². The van der Waals surface area contributed by atoms with Crippen LogP contribution in [-0.2, 0) is 26.2 Å². The molecule has 3 aromatic rings. The summed E-state index contributed by atoms with van der Waals surface area (Å²) in [6.07, 6.45) is 0. The number of halogens is 3. The fourth-order valence-electron chi connectivity index (χ4n) is 3.83. The molecule has 0 fully saturated rings. The summed E-state index contributed by atoms with van der Waals surface area (Å²) in [4.78, 5) is 28.2. The van der Waals surface area contributed by atoms with Crippen LogP contribution in [0.4, 0.5) is 5.69 Å². The van der Waals surface area contributed by atoms with E-state index in [2.05, 4.69) is 5.32 Å². The highest BCUT2D eigenvalue weighted by Gasteiger charge is 2.34. The van der Waals surface area contributed by atoms with Gasteiger partial charge in [0.25, 0.3) is 10.0 Å². The first-order valence-corrected chi connectivity index (χ1v) is 14.8. The molecule has 0 radical (unpaired) electrons. The number of nitrogens with one attached hydrogen (secondary N) is 1. The van der Waals surface area contributed by atoms with Crippen LogP contribution in [0.5, 0.6) is 0 Å². The molecule has 0 heterocycles. The topological polar surface area (TPSA) is 86.8 Å². The van der Waals surface area contributed by atoms with Crippen molar-refractivity contribution in [2.75, 3.05) is 10.8 Å². The number of carbonyl (C=O) groups is 2. The normalized spacial score (nSPS) is 12.2. The minimum Gasteiger partial charge on any atom is -0.352 e. The van der Waals surface area contributed by atoms with E-state index in [0.29, 0.717) is 10.6 Å². The predicted molar refractivity (Wildman–Crippen MR) is 157 cm³/mol. The molecule has 0 aliphatic carbocycles. The van der Waals surface area contributed by atoms with E-state index in [1.54, 1.807) is 49.4 Å². The van der Waals surface area contributed by atoms with E-state index in [4.69, 9.17) is 34.8 Å². The Kier molecular flexibility index (Phi) is 10.3. The highest BCUT2D eigenvalue weighted by molar-refractivity contribution is 7.92. The summed E-state index contributed by atoms with van der Waals surface area (Å²) in [5.41, 5.74) is 1.51. The summed E-state index contributed by atoms with van der Waals surface area (Å²) in [5, 5.41) is 3.32. The van der Waals surface area contributed by atoms with Gasteiger partial charge in [0.1, 0.15) is 12.6 Å². The van der Waals surface area contributed by atoms with Crippen LogP contribution in [0.15, 0.2) is 71.6 Å². The molecule has 0 aliphatic heterocycles. The van der Waals surface area contributed by atoms with Gasteiger partial charge in [0.2, 0.25) is 11.8 Å². The summed E-state index contributed by atoms with van der Waals surface area (Å²) < 4.78 is 28.7. The second-order valence-electron chi connectivity index (χ2n) is 9.35. The highest BCUT2D eigenvalue weighted by Crippen LogP contribution is 2.35. The van der Waals surface area contributed by atoms with Crippen molar-refractivity contribution in [3.63, 3.8) is 0 Å². The quantitative estimate of drug-likeness (QED) is 0.301. The van der Waals surface area contributed by atoms with E-state index in [0.717, 1.165) is 9.87 Å². The number of aryl methyl sites for hydroxylation is 1. The Hall–Kier alpha value is -2.78. The van der Waals surface area contributed by atoms with E-state index in [1.807, 2.05) is 20.8 Å². The van der Waals surface area contributed by atoms with Gasteiger partial charge < -0.3 is 10.2 Å². The Balaban J connectivity index is 2.09. The van der Waals surface area contributed by atoms with Gasteiger partial charge in [-0.2, -0.15) is 0 Å². The molecule has 1 N–H and O–H groups in total. The van der Waals surface area contributed by atoms with Crippen LogP contribution in [0.2, 0.25) is 15.1 Å². The van der Waals surface area contributed by atoms with E-state index >= 15 is 0 Å². The first-order chi connectivity index (χ1) is 18.3. The fraction of sp³-hybridized carbons (Fsp3) is 0.286. The monoisotopic (exact) mass is 609 g/mol. The standard InChI is InChI=1S/C28H30Cl3N3O4S/c1-18(2)32-28(36)20(4)33(16-21-8-5-6-9-23(21)29)26(35)17-34(25-11-7-10-24(30)27(25)31)39(37,38)22-14-12-19(3)13-15-22/h5-15,18,20H,16-17H2,1-4H3,(H,32,36). The maximum absolute atomic E-state index is 13.9. The van der Waals surface area contributed by atoms with Crippen molar-refractivity contribution in [2.45, 2.75) is 51.2 Å². The van der Waals surface area contributed by atoms with E-state index < -0.39 is 28.5 Å². The summed E-state index contributed by atoms with van der Waals surface area (Å²) >= 11 is 19.0. The maximum atomic E-state index is 13.9. The first-order valence-electron chi connectivity index (χ1n) is 12.2. The Bertz CT molecular complexity index is 1450. The van der Waals surface area contributed by atoms with Crippen molar-refractivity contribution < 1.29 is 18.0 Å².